The molecule has 0 aliphatic carbocycles. The Balaban J connectivity index is 2.55. The molecule has 2 nitrogen and oxygen atoms in total. The van der Waals surface area contributed by atoms with Gasteiger partial charge in [-0.2, -0.15) is 0 Å². The van der Waals surface area contributed by atoms with Gasteiger partial charge in [0, 0.05) is 15.3 Å². The average Bonchev–Trinajstić information content (AvgIpc) is 2.48. The van der Waals surface area contributed by atoms with E-state index in [9.17, 15) is 5.11 Å². The molecule has 0 radical (unpaired) electrons. The van der Waals surface area contributed by atoms with Crippen LogP contribution in [0.2, 0.25) is 0 Å². The normalized spacial score (nSPS) is 11.8. The lowest BCUT2D eigenvalue weighted by atomic mass is 9.93. The van der Waals surface area contributed by atoms with Crippen LogP contribution >= 0.6 is 45.2 Å². The SMILES string of the molecule is CC(C)c1cccc(C(C)C)c1N=Cc1cc(I)cc(I)c1O. The zero-order valence-electron chi connectivity index (χ0n) is 13.8. The fourth-order valence-electron chi connectivity index (χ4n) is 2.48. The summed E-state index contributed by atoms with van der Waals surface area (Å²) in [6, 6.07) is 10.3. The van der Waals surface area contributed by atoms with E-state index in [0.29, 0.717) is 17.6 Å². The third-order valence-electron chi connectivity index (χ3n) is 3.73. The summed E-state index contributed by atoms with van der Waals surface area (Å²) in [5.41, 5.74) is 4.28. The zero-order valence-corrected chi connectivity index (χ0v) is 18.1. The highest BCUT2D eigenvalue weighted by molar-refractivity contribution is 14.1. The second-order valence-corrected chi connectivity index (χ2v) is 8.59. The van der Waals surface area contributed by atoms with Crippen LogP contribution in [-0.2, 0) is 0 Å². The first-order chi connectivity index (χ1) is 10.8. The lowest BCUT2D eigenvalue weighted by Crippen LogP contribution is -1.96. The van der Waals surface area contributed by atoms with Crippen LogP contribution in [0.25, 0.3) is 0 Å². The van der Waals surface area contributed by atoms with E-state index in [1.54, 1.807) is 6.21 Å². The summed E-state index contributed by atoms with van der Waals surface area (Å²) in [5, 5.41) is 10.3. The molecule has 0 aliphatic rings. The largest absolute Gasteiger partial charge is 0.506 e. The number of nitrogens with zero attached hydrogens (tertiary/aromatic N) is 1. The summed E-state index contributed by atoms with van der Waals surface area (Å²) in [6.45, 7) is 8.74. The number of aromatic hydroxyl groups is 1. The third-order valence-corrected chi connectivity index (χ3v) is 5.18. The quantitative estimate of drug-likeness (QED) is 0.349. The number of phenolic OH excluding ortho intramolecular Hbond substituents is 1. The van der Waals surface area contributed by atoms with E-state index >= 15 is 0 Å². The summed E-state index contributed by atoms with van der Waals surface area (Å²) < 4.78 is 1.93. The molecule has 23 heavy (non-hydrogen) atoms. The molecule has 2 aromatic rings. The van der Waals surface area contributed by atoms with Gasteiger partial charge in [0.1, 0.15) is 5.75 Å². The minimum atomic E-state index is 0.294. The van der Waals surface area contributed by atoms with E-state index in [4.69, 9.17) is 4.99 Å². The standard InChI is InChI=1S/C19H21I2NO/c1-11(2)15-6-5-7-16(12(3)4)18(15)22-10-13-8-14(20)9-17(21)19(13)23/h5-12,23H,1-4H3. The molecule has 122 valence electrons. The van der Waals surface area contributed by atoms with E-state index in [1.165, 1.54) is 11.1 Å². The van der Waals surface area contributed by atoms with Crippen molar-refractivity contribution in [3.8, 4) is 5.75 Å². The smallest absolute Gasteiger partial charge is 0.137 e. The first-order valence-electron chi connectivity index (χ1n) is 7.66. The van der Waals surface area contributed by atoms with Gasteiger partial charge in [0.25, 0.3) is 0 Å². The molecule has 0 saturated carbocycles. The van der Waals surface area contributed by atoms with Crippen molar-refractivity contribution in [2.45, 2.75) is 39.5 Å². The van der Waals surface area contributed by atoms with Gasteiger partial charge in [0.15, 0.2) is 0 Å². The highest BCUT2D eigenvalue weighted by Crippen LogP contribution is 2.35. The summed E-state index contributed by atoms with van der Waals surface area (Å²) in [5.74, 6) is 1.11. The van der Waals surface area contributed by atoms with Crippen molar-refractivity contribution in [1.29, 1.82) is 0 Å². The number of hydrogen-bond acceptors (Lipinski definition) is 2. The van der Waals surface area contributed by atoms with Crippen molar-refractivity contribution in [3.05, 3.63) is 54.2 Å². The maximum absolute atomic E-state index is 10.3. The maximum Gasteiger partial charge on any atom is 0.137 e. The Morgan fingerprint density at radius 1 is 1.00 bits per heavy atom. The molecule has 0 spiro atoms. The van der Waals surface area contributed by atoms with Crippen LogP contribution in [0.15, 0.2) is 35.3 Å². The first kappa shape index (κ1) is 18.7. The van der Waals surface area contributed by atoms with Crippen molar-refractivity contribution in [2.24, 2.45) is 4.99 Å². The Morgan fingerprint density at radius 3 is 2.09 bits per heavy atom. The van der Waals surface area contributed by atoms with Gasteiger partial charge in [-0.3, -0.25) is 4.99 Å². The molecule has 0 bridgehead atoms. The molecule has 0 amide bonds. The van der Waals surface area contributed by atoms with E-state index < -0.39 is 0 Å². The molecule has 0 fully saturated rings. The predicted molar refractivity (Wildman–Crippen MR) is 115 cm³/mol. The van der Waals surface area contributed by atoms with Crippen molar-refractivity contribution < 1.29 is 5.11 Å². The van der Waals surface area contributed by atoms with Crippen LogP contribution in [-0.4, -0.2) is 11.3 Å². The monoisotopic (exact) mass is 533 g/mol. The van der Waals surface area contributed by atoms with Crippen LogP contribution in [0, 0.1) is 7.14 Å². The molecule has 1 N–H and O–H groups in total. The van der Waals surface area contributed by atoms with Crippen molar-refractivity contribution in [3.63, 3.8) is 0 Å². The van der Waals surface area contributed by atoms with Crippen molar-refractivity contribution in [2.75, 3.05) is 0 Å². The highest BCUT2D eigenvalue weighted by atomic mass is 127. The van der Waals surface area contributed by atoms with Crippen LogP contribution < -0.4 is 0 Å². The van der Waals surface area contributed by atoms with Gasteiger partial charge < -0.3 is 5.11 Å². The van der Waals surface area contributed by atoms with E-state index in [2.05, 4.69) is 91.1 Å². The van der Waals surface area contributed by atoms with Gasteiger partial charge in [0.2, 0.25) is 0 Å². The zero-order chi connectivity index (χ0) is 17.1. The third kappa shape index (κ3) is 4.47. The average molecular weight is 533 g/mol. The molecule has 4 heteroatoms. The Labute approximate surface area is 165 Å². The Kier molecular flexibility index (Phi) is 6.48. The second-order valence-electron chi connectivity index (χ2n) is 6.18. The van der Waals surface area contributed by atoms with E-state index in [1.807, 2.05) is 12.1 Å². The minimum Gasteiger partial charge on any atom is -0.506 e. The maximum atomic E-state index is 10.3. The minimum absolute atomic E-state index is 0.294. The van der Waals surface area contributed by atoms with Crippen molar-refractivity contribution >= 4 is 57.1 Å². The van der Waals surface area contributed by atoms with Gasteiger partial charge in [-0.1, -0.05) is 45.9 Å². The lowest BCUT2D eigenvalue weighted by molar-refractivity contribution is 0.470. The highest BCUT2D eigenvalue weighted by Gasteiger charge is 2.13. The molecule has 2 aromatic carbocycles. The summed E-state index contributed by atoms with van der Waals surface area (Å²) in [6.07, 6.45) is 1.78. The van der Waals surface area contributed by atoms with Crippen LogP contribution in [0.1, 0.15) is 56.2 Å². The Morgan fingerprint density at radius 2 is 1.57 bits per heavy atom. The van der Waals surface area contributed by atoms with E-state index in [-0.39, 0.29) is 0 Å². The number of phenols is 1. The van der Waals surface area contributed by atoms with Crippen LogP contribution in [0.5, 0.6) is 5.75 Å². The lowest BCUT2D eigenvalue weighted by Gasteiger charge is -2.16. The van der Waals surface area contributed by atoms with Crippen LogP contribution in [0.3, 0.4) is 0 Å². The number of hydrogen-bond donors (Lipinski definition) is 1. The van der Waals surface area contributed by atoms with E-state index in [0.717, 1.165) is 18.4 Å². The molecule has 0 atom stereocenters. The Hall–Kier alpha value is -0.630. The van der Waals surface area contributed by atoms with Gasteiger partial charge >= 0.3 is 0 Å². The van der Waals surface area contributed by atoms with Crippen LogP contribution in [0.4, 0.5) is 5.69 Å². The second kappa shape index (κ2) is 7.96. The number of aliphatic imine (C=N–C) groups is 1. The number of halogens is 2. The fourth-order valence-corrected chi connectivity index (χ4v) is 4.37. The first-order valence-corrected chi connectivity index (χ1v) is 9.82. The Bertz CT molecular complexity index is 710. The number of para-hydroxylation sites is 1. The summed E-state index contributed by atoms with van der Waals surface area (Å²) in [4.78, 5) is 4.77. The molecule has 0 aromatic heterocycles. The molecule has 2 rings (SSSR count). The number of rotatable bonds is 4. The fraction of sp³-hybridized carbons (Fsp3) is 0.316. The number of benzene rings is 2. The molecule has 0 aliphatic heterocycles. The molecule has 0 unspecified atom stereocenters. The topological polar surface area (TPSA) is 32.6 Å². The van der Waals surface area contributed by atoms with Gasteiger partial charge in [-0.25, -0.2) is 0 Å². The summed E-state index contributed by atoms with van der Waals surface area (Å²) >= 11 is 4.41. The summed E-state index contributed by atoms with van der Waals surface area (Å²) in [7, 11) is 0. The molecule has 0 saturated heterocycles. The predicted octanol–water partition coefficient (Wildman–Crippen LogP) is 6.60. The van der Waals surface area contributed by atoms with Gasteiger partial charge in [-0.05, 0) is 80.3 Å². The molecular formula is C19H21I2NO. The van der Waals surface area contributed by atoms with Gasteiger partial charge in [0.05, 0.1) is 9.26 Å². The molecule has 0 heterocycles. The van der Waals surface area contributed by atoms with Gasteiger partial charge in [-0.15, -0.1) is 0 Å². The van der Waals surface area contributed by atoms with Crippen molar-refractivity contribution in [1.82, 2.24) is 0 Å². The molecular weight excluding hydrogens is 512 g/mol.